The number of fused-ring (bicyclic) bond motifs is 2. The summed E-state index contributed by atoms with van der Waals surface area (Å²) in [4.78, 5) is 23.2. The van der Waals surface area contributed by atoms with Crippen molar-refractivity contribution in [3.05, 3.63) is 69.2 Å². The first kappa shape index (κ1) is 20.3. The number of rotatable bonds is 6. The second kappa shape index (κ2) is 8.13. The van der Waals surface area contributed by atoms with Gasteiger partial charge in [0.1, 0.15) is 17.1 Å². The molecule has 0 bridgehead atoms. The molecular formula is C22H19BrN6O3. The Morgan fingerprint density at radius 2 is 2.09 bits per heavy atom. The van der Waals surface area contributed by atoms with E-state index >= 15 is 0 Å². The van der Waals surface area contributed by atoms with Gasteiger partial charge in [0.05, 0.1) is 46.1 Å². The monoisotopic (exact) mass is 494 g/mol. The topological polar surface area (TPSA) is 132 Å². The van der Waals surface area contributed by atoms with Gasteiger partial charge in [-0.2, -0.15) is 5.10 Å². The lowest BCUT2D eigenvalue weighted by Crippen LogP contribution is -2.17. The van der Waals surface area contributed by atoms with Gasteiger partial charge in [-0.25, -0.2) is 4.98 Å². The third-order valence-corrected chi connectivity index (χ3v) is 5.91. The average molecular weight is 495 g/mol. The van der Waals surface area contributed by atoms with Crippen molar-refractivity contribution in [2.75, 3.05) is 19.0 Å². The summed E-state index contributed by atoms with van der Waals surface area (Å²) in [5.74, 6) is 1.12. The lowest BCUT2D eigenvalue weighted by Gasteiger charge is -2.16. The molecule has 0 aliphatic heterocycles. The van der Waals surface area contributed by atoms with Crippen LogP contribution in [0.2, 0.25) is 0 Å². The van der Waals surface area contributed by atoms with Crippen LogP contribution in [0.15, 0.2) is 58.1 Å². The maximum Gasteiger partial charge on any atom is 0.261 e. The Balaban J connectivity index is 1.45. The number of benzene rings is 2. The van der Waals surface area contributed by atoms with Gasteiger partial charge < -0.3 is 25.1 Å². The molecule has 0 saturated heterocycles. The Bertz CT molecular complexity index is 1440. The van der Waals surface area contributed by atoms with E-state index in [9.17, 15) is 9.90 Å². The number of aromatic amines is 3. The number of H-pyrrole nitrogens is 3. The number of aromatic nitrogens is 5. The van der Waals surface area contributed by atoms with Crippen LogP contribution in [0.5, 0.6) is 5.75 Å². The molecular weight excluding hydrogens is 476 g/mol. The molecule has 1 atom stereocenters. The van der Waals surface area contributed by atoms with Crippen molar-refractivity contribution in [1.82, 2.24) is 25.1 Å². The molecule has 0 aliphatic carbocycles. The smallest absolute Gasteiger partial charge is 0.261 e. The Labute approximate surface area is 190 Å². The highest BCUT2D eigenvalue weighted by atomic mass is 79.9. The molecule has 2 aromatic carbocycles. The van der Waals surface area contributed by atoms with Crippen molar-refractivity contribution < 1.29 is 9.84 Å². The first-order valence-corrected chi connectivity index (χ1v) is 10.6. The number of hydrogen-bond acceptors (Lipinski definition) is 6. The van der Waals surface area contributed by atoms with E-state index in [1.165, 1.54) is 0 Å². The number of nitrogens with zero attached hydrogens (tertiary/aromatic N) is 2. The normalized spacial score (nSPS) is 12.3. The number of methoxy groups -OCH3 is 1. The number of imidazole rings is 1. The zero-order valence-corrected chi connectivity index (χ0v) is 18.5. The second-order valence-electron chi connectivity index (χ2n) is 7.30. The van der Waals surface area contributed by atoms with Crippen molar-refractivity contribution in [2.45, 2.75) is 6.10 Å². The molecule has 0 saturated carbocycles. The molecule has 162 valence electrons. The van der Waals surface area contributed by atoms with Crippen LogP contribution in [0.1, 0.15) is 11.7 Å². The fourth-order valence-corrected chi connectivity index (χ4v) is 4.20. The quantitative estimate of drug-likeness (QED) is 0.244. The number of nitrogens with one attached hydrogen (secondary N) is 4. The van der Waals surface area contributed by atoms with Gasteiger partial charge in [0.15, 0.2) is 0 Å². The summed E-state index contributed by atoms with van der Waals surface area (Å²) in [6, 6.07) is 10.9. The molecule has 3 aromatic heterocycles. The molecule has 3 heterocycles. The number of anilines is 1. The summed E-state index contributed by atoms with van der Waals surface area (Å²) >= 11 is 3.43. The van der Waals surface area contributed by atoms with Crippen LogP contribution in [0.3, 0.4) is 0 Å². The van der Waals surface area contributed by atoms with Crippen LogP contribution in [0.4, 0.5) is 5.69 Å². The van der Waals surface area contributed by atoms with Gasteiger partial charge in [0.2, 0.25) is 0 Å². The van der Waals surface area contributed by atoms with Crippen LogP contribution in [0.25, 0.3) is 33.3 Å². The molecule has 5 aromatic rings. The van der Waals surface area contributed by atoms with Crippen LogP contribution in [-0.4, -0.2) is 43.9 Å². The molecule has 0 aliphatic rings. The molecule has 0 spiro atoms. The molecule has 1 unspecified atom stereocenters. The van der Waals surface area contributed by atoms with Gasteiger partial charge in [0.25, 0.3) is 5.56 Å². The summed E-state index contributed by atoms with van der Waals surface area (Å²) in [5, 5.41) is 21.7. The summed E-state index contributed by atoms with van der Waals surface area (Å²) in [6.07, 6.45) is 2.49. The Morgan fingerprint density at radius 3 is 2.91 bits per heavy atom. The Morgan fingerprint density at radius 1 is 1.22 bits per heavy atom. The first-order valence-electron chi connectivity index (χ1n) is 9.84. The van der Waals surface area contributed by atoms with Crippen molar-refractivity contribution in [1.29, 1.82) is 0 Å². The van der Waals surface area contributed by atoms with Gasteiger partial charge >= 0.3 is 0 Å². The third kappa shape index (κ3) is 3.63. The SMILES string of the molecule is COc1ccc(C(O)CNc2cc[nH]c(=O)c2-c2nc3cc4cn[nH]c4cc3[nH]2)cc1Br. The number of aliphatic hydroxyl groups excluding tert-OH is 1. The molecule has 5 N–H and O–H groups in total. The van der Waals surface area contributed by atoms with Gasteiger partial charge in [-0.15, -0.1) is 0 Å². The van der Waals surface area contributed by atoms with Crippen LogP contribution < -0.4 is 15.6 Å². The van der Waals surface area contributed by atoms with Crippen LogP contribution in [0, 0.1) is 0 Å². The minimum Gasteiger partial charge on any atom is -0.496 e. The van der Waals surface area contributed by atoms with Crippen molar-refractivity contribution in [3.8, 4) is 17.1 Å². The summed E-state index contributed by atoms with van der Waals surface area (Å²) in [6.45, 7) is 0.199. The minimum atomic E-state index is -0.798. The lowest BCUT2D eigenvalue weighted by molar-refractivity contribution is 0.191. The fraction of sp³-hybridized carbons (Fsp3) is 0.136. The number of ether oxygens (including phenoxy) is 1. The molecule has 5 rings (SSSR count). The van der Waals surface area contributed by atoms with E-state index in [-0.39, 0.29) is 12.1 Å². The molecule has 0 radical (unpaired) electrons. The number of aliphatic hydroxyl groups is 1. The van der Waals surface area contributed by atoms with Crippen molar-refractivity contribution in [3.63, 3.8) is 0 Å². The number of halogens is 1. The lowest BCUT2D eigenvalue weighted by atomic mass is 10.1. The maximum atomic E-state index is 12.7. The van der Waals surface area contributed by atoms with Crippen molar-refractivity contribution >= 4 is 43.6 Å². The summed E-state index contributed by atoms with van der Waals surface area (Å²) < 4.78 is 5.99. The highest BCUT2D eigenvalue weighted by Crippen LogP contribution is 2.29. The standard InChI is InChI=1S/C22H19BrN6O3/c1-32-19-3-2-11(6-13(19)23)18(30)10-25-14-4-5-24-22(31)20(14)21-27-16-7-12-9-26-29-15(12)8-17(16)28-21/h2-9,18,30H,10H2,1H3,(H,26,29)(H,27,28)(H2,24,25,31). The summed E-state index contributed by atoms with van der Waals surface area (Å²) in [5.41, 5.74) is 3.74. The van der Waals surface area contributed by atoms with Crippen molar-refractivity contribution in [2.24, 2.45) is 0 Å². The Hall–Kier alpha value is -3.63. The molecule has 32 heavy (non-hydrogen) atoms. The largest absolute Gasteiger partial charge is 0.496 e. The minimum absolute atomic E-state index is 0.199. The second-order valence-corrected chi connectivity index (χ2v) is 8.15. The van der Waals surface area contributed by atoms with Crippen LogP contribution in [-0.2, 0) is 0 Å². The van der Waals surface area contributed by atoms with Gasteiger partial charge in [-0.05, 0) is 51.8 Å². The van der Waals surface area contributed by atoms with Gasteiger partial charge in [-0.1, -0.05) is 6.07 Å². The van der Waals surface area contributed by atoms with Gasteiger partial charge in [-0.3, -0.25) is 9.89 Å². The average Bonchev–Trinajstić information content (AvgIpc) is 3.41. The zero-order chi connectivity index (χ0) is 22.2. The fourth-order valence-electron chi connectivity index (χ4n) is 3.64. The van der Waals surface area contributed by atoms with Crippen LogP contribution >= 0.6 is 15.9 Å². The molecule has 0 amide bonds. The van der Waals surface area contributed by atoms with E-state index in [1.54, 1.807) is 43.8 Å². The maximum absolute atomic E-state index is 12.7. The van der Waals surface area contributed by atoms with E-state index in [2.05, 4.69) is 46.4 Å². The van der Waals surface area contributed by atoms with E-state index in [1.807, 2.05) is 12.1 Å². The molecule has 0 fully saturated rings. The predicted molar refractivity (Wildman–Crippen MR) is 126 cm³/mol. The molecule has 9 nitrogen and oxygen atoms in total. The highest BCUT2D eigenvalue weighted by Gasteiger charge is 2.17. The molecule has 10 heteroatoms. The Kier molecular flexibility index (Phi) is 5.16. The highest BCUT2D eigenvalue weighted by molar-refractivity contribution is 9.10. The van der Waals surface area contributed by atoms with E-state index < -0.39 is 6.10 Å². The predicted octanol–water partition coefficient (Wildman–Crippen LogP) is 3.71. The first-order chi connectivity index (χ1) is 15.5. The van der Waals surface area contributed by atoms with E-state index in [0.29, 0.717) is 28.4 Å². The summed E-state index contributed by atoms with van der Waals surface area (Å²) in [7, 11) is 1.59. The van der Waals surface area contributed by atoms with Gasteiger partial charge in [0, 0.05) is 18.1 Å². The van der Waals surface area contributed by atoms with E-state index in [0.717, 1.165) is 26.4 Å². The number of hydrogen-bond donors (Lipinski definition) is 5. The zero-order valence-electron chi connectivity index (χ0n) is 16.9. The van der Waals surface area contributed by atoms with E-state index in [4.69, 9.17) is 4.74 Å². The number of pyridine rings is 1. The third-order valence-electron chi connectivity index (χ3n) is 5.29.